The van der Waals surface area contributed by atoms with E-state index in [1.54, 1.807) is 22.8 Å². The van der Waals surface area contributed by atoms with Crippen molar-refractivity contribution < 1.29 is 14.3 Å². The predicted octanol–water partition coefficient (Wildman–Crippen LogP) is 3.77. The molecule has 0 spiro atoms. The SMILES string of the molecule is CCn1c(C(=O)O)ccc1-c1cc(Br)ccc1F. The zero-order chi connectivity index (χ0) is 13.3. The Morgan fingerprint density at radius 2 is 2.11 bits per heavy atom. The van der Waals surface area contributed by atoms with E-state index in [0.29, 0.717) is 17.8 Å². The average Bonchev–Trinajstić information content (AvgIpc) is 2.75. The molecule has 0 fully saturated rings. The summed E-state index contributed by atoms with van der Waals surface area (Å²) in [6.07, 6.45) is 0. The maximum Gasteiger partial charge on any atom is 0.352 e. The second-order valence-corrected chi connectivity index (χ2v) is 4.69. The first kappa shape index (κ1) is 12.8. The lowest BCUT2D eigenvalue weighted by Gasteiger charge is -2.10. The molecular formula is C13H11BrFNO2. The molecule has 0 aliphatic rings. The van der Waals surface area contributed by atoms with Gasteiger partial charge in [0.05, 0.1) is 5.69 Å². The van der Waals surface area contributed by atoms with E-state index in [9.17, 15) is 9.18 Å². The molecule has 2 aromatic rings. The minimum absolute atomic E-state index is 0.159. The summed E-state index contributed by atoms with van der Waals surface area (Å²) in [5.74, 6) is -1.39. The lowest BCUT2D eigenvalue weighted by Crippen LogP contribution is -2.08. The molecule has 18 heavy (non-hydrogen) atoms. The molecule has 0 saturated heterocycles. The van der Waals surface area contributed by atoms with Gasteiger partial charge in [-0.2, -0.15) is 0 Å². The molecule has 0 radical (unpaired) electrons. The molecule has 0 amide bonds. The highest BCUT2D eigenvalue weighted by atomic mass is 79.9. The maximum atomic E-state index is 13.8. The fourth-order valence-corrected chi connectivity index (χ4v) is 2.29. The standard InChI is InChI=1S/C13H11BrFNO2/c1-2-16-11(5-6-12(16)13(17)18)9-7-8(14)3-4-10(9)15/h3-7H,2H2,1H3,(H,17,18). The highest BCUT2D eigenvalue weighted by Gasteiger charge is 2.16. The van der Waals surface area contributed by atoms with E-state index in [-0.39, 0.29) is 11.5 Å². The van der Waals surface area contributed by atoms with Gasteiger partial charge in [-0.1, -0.05) is 15.9 Å². The fourth-order valence-electron chi connectivity index (χ4n) is 1.92. The highest BCUT2D eigenvalue weighted by molar-refractivity contribution is 9.10. The molecule has 2 rings (SSSR count). The fraction of sp³-hybridized carbons (Fsp3) is 0.154. The maximum absolute atomic E-state index is 13.8. The van der Waals surface area contributed by atoms with Gasteiger partial charge in [0.2, 0.25) is 0 Å². The van der Waals surface area contributed by atoms with Crippen LogP contribution in [0, 0.1) is 5.82 Å². The molecule has 1 aromatic carbocycles. The summed E-state index contributed by atoms with van der Waals surface area (Å²) in [7, 11) is 0. The van der Waals surface area contributed by atoms with Crippen molar-refractivity contribution in [3.63, 3.8) is 0 Å². The van der Waals surface area contributed by atoms with Crippen LogP contribution in [-0.4, -0.2) is 15.6 Å². The number of halogens is 2. The van der Waals surface area contributed by atoms with Crippen molar-refractivity contribution >= 4 is 21.9 Å². The Bertz CT molecular complexity index is 607. The van der Waals surface area contributed by atoms with Crippen LogP contribution >= 0.6 is 15.9 Å². The van der Waals surface area contributed by atoms with Crippen molar-refractivity contribution in [2.24, 2.45) is 0 Å². The summed E-state index contributed by atoms with van der Waals surface area (Å²) in [5.41, 5.74) is 1.11. The number of aromatic nitrogens is 1. The van der Waals surface area contributed by atoms with Gasteiger partial charge >= 0.3 is 5.97 Å². The third-order valence-electron chi connectivity index (χ3n) is 2.72. The highest BCUT2D eigenvalue weighted by Crippen LogP contribution is 2.28. The number of carboxylic acid groups (broad SMARTS) is 1. The second kappa shape index (κ2) is 4.94. The number of rotatable bonds is 3. The third kappa shape index (κ3) is 2.18. The van der Waals surface area contributed by atoms with Gasteiger partial charge in [0.25, 0.3) is 0 Å². The Labute approximate surface area is 112 Å². The summed E-state index contributed by atoms with van der Waals surface area (Å²) < 4.78 is 16.1. The average molecular weight is 312 g/mol. The van der Waals surface area contributed by atoms with Crippen molar-refractivity contribution in [3.8, 4) is 11.3 Å². The quantitative estimate of drug-likeness (QED) is 0.937. The van der Waals surface area contributed by atoms with Crippen LogP contribution in [0.4, 0.5) is 4.39 Å². The van der Waals surface area contributed by atoms with Crippen molar-refractivity contribution in [2.75, 3.05) is 0 Å². The first-order chi connectivity index (χ1) is 8.54. The Kier molecular flexibility index (Phi) is 3.52. The molecule has 0 aliphatic carbocycles. The summed E-state index contributed by atoms with van der Waals surface area (Å²) >= 11 is 3.28. The van der Waals surface area contributed by atoms with Crippen LogP contribution in [-0.2, 0) is 6.54 Å². The van der Waals surface area contributed by atoms with Crippen molar-refractivity contribution in [1.82, 2.24) is 4.57 Å². The van der Waals surface area contributed by atoms with Gasteiger partial charge in [0.15, 0.2) is 0 Å². The van der Waals surface area contributed by atoms with Crippen LogP contribution in [0.3, 0.4) is 0 Å². The molecule has 0 atom stereocenters. The van der Waals surface area contributed by atoms with Crippen molar-refractivity contribution in [3.05, 3.63) is 46.3 Å². The molecule has 0 bridgehead atoms. The van der Waals surface area contributed by atoms with E-state index in [2.05, 4.69) is 15.9 Å². The van der Waals surface area contributed by atoms with Crippen LogP contribution in [0.15, 0.2) is 34.8 Å². The van der Waals surface area contributed by atoms with Crippen LogP contribution in [0.5, 0.6) is 0 Å². The van der Waals surface area contributed by atoms with E-state index < -0.39 is 5.97 Å². The van der Waals surface area contributed by atoms with Gasteiger partial charge in [-0.25, -0.2) is 9.18 Å². The Hall–Kier alpha value is -1.62. The smallest absolute Gasteiger partial charge is 0.352 e. The zero-order valence-corrected chi connectivity index (χ0v) is 11.2. The monoisotopic (exact) mass is 311 g/mol. The largest absolute Gasteiger partial charge is 0.477 e. The number of aromatic carboxylic acids is 1. The number of carbonyl (C=O) groups is 1. The normalized spacial score (nSPS) is 10.6. The van der Waals surface area contributed by atoms with Crippen LogP contribution in [0.1, 0.15) is 17.4 Å². The molecular weight excluding hydrogens is 301 g/mol. The van der Waals surface area contributed by atoms with Gasteiger partial charge < -0.3 is 9.67 Å². The summed E-state index contributed by atoms with van der Waals surface area (Å²) in [4.78, 5) is 11.1. The lowest BCUT2D eigenvalue weighted by molar-refractivity contribution is 0.0685. The van der Waals surface area contributed by atoms with Crippen LogP contribution in [0.25, 0.3) is 11.3 Å². The van der Waals surface area contributed by atoms with Gasteiger partial charge in [0.1, 0.15) is 11.5 Å². The molecule has 0 saturated carbocycles. The van der Waals surface area contributed by atoms with E-state index in [4.69, 9.17) is 5.11 Å². The number of carboxylic acids is 1. The van der Waals surface area contributed by atoms with E-state index in [0.717, 1.165) is 4.47 Å². The summed E-state index contributed by atoms with van der Waals surface area (Å²) in [6, 6.07) is 7.71. The van der Waals surface area contributed by atoms with E-state index >= 15 is 0 Å². The van der Waals surface area contributed by atoms with Gasteiger partial charge in [-0.05, 0) is 37.3 Å². The summed E-state index contributed by atoms with van der Waals surface area (Å²) in [5, 5.41) is 9.06. The molecule has 0 aliphatic heterocycles. The number of benzene rings is 1. The molecule has 1 N–H and O–H groups in total. The van der Waals surface area contributed by atoms with Crippen LogP contribution in [0.2, 0.25) is 0 Å². The number of hydrogen-bond acceptors (Lipinski definition) is 1. The third-order valence-corrected chi connectivity index (χ3v) is 3.21. The topological polar surface area (TPSA) is 42.2 Å². The molecule has 1 heterocycles. The second-order valence-electron chi connectivity index (χ2n) is 3.78. The summed E-state index contributed by atoms with van der Waals surface area (Å²) in [6.45, 7) is 2.29. The van der Waals surface area contributed by atoms with Gasteiger partial charge in [-0.15, -0.1) is 0 Å². The Morgan fingerprint density at radius 3 is 2.72 bits per heavy atom. The van der Waals surface area contributed by atoms with Crippen molar-refractivity contribution in [1.29, 1.82) is 0 Å². The number of hydrogen-bond donors (Lipinski definition) is 1. The van der Waals surface area contributed by atoms with E-state index in [1.807, 2.05) is 6.92 Å². The molecule has 94 valence electrons. The lowest BCUT2D eigenvalue weighted by atomic mass is 10.1. The molecule has 0 unspecified atom stereocenters. The molecule has 3 nitrogen and oxygen atoms in total. The van der Waals surface area contributed by atoms with Gasteiger partial charge in [-0.3, -0.25) is 0 Å². The number of nitrogens with zero attached hydrogens (tertiary/aromatic N) is 1. The van der Waals surface area contributed by atoms with Crippen molar-refractivity contribution in [2.45, 2.75) is 13.5 Å². The Morgan fingerprint density at radius 1 is 1.39 bits per heavy atom. The van der Waals surface area contributed by atoms with Crippen LogP contribution < -0.4 is 0 Å². The minimum atomic E-state index is -1.02. The first-order valence-corrected chi connectivity index (χ1v) is 6.22. The Balaban J connectivity index is 2.64. The zero-order valence-electron chi connectivity index (χ0n) is 9.65. The molecule has 5 heteroatoms. The molecule has 1 aromatic heterocycles. The first-order valence-electron chi connectivity index (χ1n) is 5.42. The van der Waals surface area contributed by atoms with Gasteiger partial charge in [0, 0.05) is 16.6 Å². The van der Waals surface area contributed by atoms with E-state index in [1.165, 1.54) is 12.1 Å². The minimum Gasteiger partial charge on any atom is -0.477 e. The predicted molar refractivity (Wildman–Crippen MR) is 70.2 cm³/mol.